The molecule has 0 aliphatic rings. The van der Waals surface area contributed by atoms with Crippen molar-refractivity contribution < 1.29 is 5.11 Å². The molecule has 0 aliphatic carbocycles. The number of rotatable bonds is 7. The lowest BCUT2D eigenvalue weighted by Crippen LogP contribution is -2.29. The lowest BCUT2D eigenvalue weighted by atomic mass is 10.2. The first kappa shape index (κ1) is 15.9. The molecule has 8 heteroatoms. The molecule has 0 aliphatic heterocycles. The monoisotopic (exact) mass is 311 g/mol. The van der Waals surface area contributed by atoms with E-state index in [-0.39, 0.29) is 17.6 Å². The Balaban J connectivity index is 2.07. The number of hydrogen-bond donors (Lipinski definition) is 4. The van der Waals surface area contributed by atoms with Crippen LogP contribution >= 0.6 is 11.8 Å². The van der Waals surface area contributed by atoms with Gasteiger partial charge in [-0.1, -0.05) is 0 Å². The molecule has 0 aromatic carbocycles. The molecule has 0 spiro atoms. The van der Waals surface area contributed by atoms with Crippen LogP contribution in [0.3, 0.4) is 0 Å². The number of thioether (sulfide) groups is 1. The zero-order valence-corrected chi connectivity index (χ0v) is 13.0. The van der Waals surface area contributed by atoms with Crippen molar-refractivity contribution in [2.24, 2.45) is 0 Å². The van der Waals surface area contributed by atoms with Gasteiger partial charge in [0, 0.05) is 24.8 Å². The highest BCUT2D eigenvalue weighted by atomic mass is 32.2. The lowest BCUT2D eigenvalue weighted by molar-refractivity contribution is 0.120. The van der Waals surface area contributed by atoms with E-state index in [1.54, 1.807) is 18.0 Å². The summed E-state index contributed by atoms with van der Waals surface area (Å²) in [7, 11) is 1.93. The first-order valence-electron chi connectivity index (χ1n) is 6.72. The van der Waals surface area contributed by atoms with E-state index in [0.717, 1.165) is 17.7 Å². The largest absolute Gasteiger partial charge is 0.392 e. The Bertz CT molecular complexity index is 654. The summed E-state index contributed by atoms with van der Waals surface area (Å²) in [4.78, 5) is 23.3. The number of nitrogens with two attached hydrogens (primary N) is 1. The molecule has 0 fully saturated rings. The lowest BCUT2D eigenvalue weighted by Gasteiger charge is -2.19. The highest BCUT2D eigenvalue weighted by Crippen LogP contribution is 2.15. The summed E-state index contributed by atoms with van der Waals surface area (Å²) < 4.78 is 0. The third-order valence-corrected chi connectivity index (χ3v) is 3.89. The molecule has 2 rings (SSSR count). The van der Waals surface area contributed by atoms with E-state index in [9.17, 15) is 9.90 Å². The Morgan fingerprint density at radius 2 is 2.33 bits per heavy atom. The van der Waals surface area contributed by atoms with Gasteiger partial charge >= 0.3 is 0 Å². The minimum Gasteiger partial charge on any atom is -0.392 e. The fourth-order valence-corrected chi connectivity index (χ4v) is 2.77. The summed E-state index contributed by atoms with van der Waals surface area (Å²) in [6.45, 7) is 1.16. The SMILES string of the molecule is CSCCC(O)CN(C)Cc1c[nH]c2c(=O)[nH]c(N)nc12. The number of H-pyrrole nitrogens is 2. The number of aliphatic hydroxyl groups is 1. The van der Waals surface area contributed by atoms with E-state index in [1.807, 2.05) is 18.2 Å². The van der Waals surface area contributed by atoms with E-state index < -0.39 is 0 Å². The number of aromatic amines is 2. The average Bonchev–Trinajstić information content (AvgIpc) is 2.79. The van der Waals surface area contributed by atoms with Crippen LogP contribution in [0.25, 0.3) is 11.0 Å². The van der Waals surface area contributed by atoms with Crippen LogP contribution in [0.15, 0.2) is 11.0 Å². The highest BCUT2D eigenvalue weighted by molar-refractivity contribution is 7.98. The van der Waals surface area contributed by atoms with Crippen LogP contribution < -0.4 is 11.3 Å². The van der Waals surface area contributed by atoms with Gasteiger partial charge in [0.15, 0.2) is 0 Å². The van der Waals surface area contributed by atoms with Gasteiger partial charge in [-0.2, -0.15) is 11.8 Å². The van der Waals surface area contributed by atoms with E-state index in [1.165, 1.54) is 0 Å². The van der Waals surface area contributed by atoms with E-state index >= 15 is 0 Å². The topological polar surface area (TPSA) is 111 Å². The maximum absolute atomic E-state index is 11.7. The predicted octanol–water partition coefficient (Wildman–Crippen LogP) is 0.379. The standard InChI is InChI=1S/C13H21N5O2S/c1-18(7-9(19)3-4-21-2)6-8-5-15-11-10(8)16-13(14)17-12(11)20/h5,9,15,19H,3-4,6-7H2,1-2H3,(H3,14,16,17,20). The molecule has 21 heavy (non-hydrogen) atoms. The third kappa shape index (κ3) is 3.99. The van der Waals surface area contributed by atoms with Crippen molar-refractivity contribution in [1.82, 2.24) is 19.9 Å². The molecule has 0 amide bonds. The van der Waals surface area contributed by atoms with E-state index in [0.29, 0.717) is 24.1 Å². The molecule has 2 heterocycles. The molecule has 0 bridgehead atoms. The van der Waals surface area contributed by atoms with Gasteiger partial charge in [-0.25, -0.2) is 4.98 Å². The fourth-order valence-electron chi connectivity index (χ4n) is 2.27. The Morgan fingerprint density at radius 1 is 1.57 bits per heavy atom. The molecule has 2 aromatic heterocycles. The number of nitrogens with one attached hydrogen (secondary N) is 2. The summed E-state index contributed by atoms with van der Waals surface area (Å²) in [5.41, 5.74) is 7.21. The van der Waals surface area contributed by atoms with Crippen molar-refractivity contribution in [2.45, 2.75) is 19.1 Å². The zero-order valence-electron chi connectivity index (χ0n) is 12.2. The van der Waals surface area contributed by atoms with Crippen LogP contribution in [0.5, 0.6) is 0 Å². The van der Waals surface area contributed by atoms with Gasteiger partial charge in [0.05, 0.1) is 6.10 Å². The van der Waals surface area contributed by atoms with E-state index in [2.05, 4.69) is 15.0 Å². The zero-order chi connectivity index (χ0) is 15.4. The summed E-state index contributed by atoms with van der Waals surface area (Å²) >= 11 is 1.72. The second kappa shape index (κ2) is 6.97. The molecule has 116 valence electrons. The van der Waals surface area contributed by atoms with Gasteiger partial charge in [0.1, 0.15) is 11.0 Å². The minimum atomic E-state index is -0.353. The summed E-state index contributed by atoms with van der Waals surface area (Å²) in [6, 6.07) is 0. The quantitative estimate of drug-likeness (QED) is 0.588. The molecule has 0 saturated carbocycles. The van der Waals surface area contributed by atoms with Gasteiger partial charge in [-0.05, 0) is 25.5 Å². The number of anilines is 1. The average molecular weight is 311 g/mol. The number of nitrogens with zero attached hydrogens (tertiary/aromatic N) is 2. The minimum absolute atomic E-state index is 0.107. The Hall–Kier alpha value is -1.51. The Labute approximate surface area is 126 Å². The molecule has 0 saturated heterocycles. The first-order chi connectivity index (χ1) is 10.0. The number of aliphatic hydroxyl groups excluding tert-OH is 1. The number of aromatic nitrogens is 3. The Kier molecular flexibility index (Phi) is 5.27. The number of hydrogen-bond acceptors (Lipinski definition) is 6. The maximum Gasteiger partial charge on any atom is 0.276 e. The third-order valence-electron chi connectivity index (χ3n) is 3.25. The number of fused-ring (bicyclic) bond motifs is 1. The molecule has 7 nitrogen and oxygen atoms in total. The molecular formula is C13H21N5O2S. The molecule has 2 aromatic rings. The van der Waals surface area contributed by atoms with Crippen LogP contribution in [0, 0.1) is 0 Å². The molecule has 5 N–H and O–H groups in total. The van der Waals surface area contributed by atoms with Crippen LogP contribution in [0.1, 0.15) is 12.0 Å². The summed E-state index contributed by atoms with van der Waals surface area (Å²) in [5.74, 6) is 1.05. The number of likely N-dealkylation sites (N-methyl/N-ethyl adjacent to an activating group) is 1. The van der Waals surface area contributed by atoms with Gasteiger partial charge in [0.2, 0.25) is 5.95 Å². The van der Waals surface area contributed by atoms with Gasteiger partial charge in [0.25, 0.3) is 5.56 Å². The van der Waals surface area contributed by atoms with Crippen molar-refractivity contribution in [2.75, 3.05) is 31.3 Å². The number of nitrogen functional groups attached to an aromatic ring is 1. The van der Waals surface area contributed by atoms with Crippen molar-refractivity contribution in [3.8, 4) is 0 Å². The normalized spacial score (nSPS) is 13.1. The highest BCUT2D eigenvalue weighted by Gasteiger charge is 2.13. The van der Waals surface area contributed by atoms with E-state index in [4.69, 9.17) is 5.73 Å². The second-order valence-electron chi connectivity index (χ2n) is 5.12. The molecule has 0 radical (unpaired) electrons. The van der Waals surface area contributed by atoms with Crippen LogP contribution in [-0.4, -0.2) is 56.7 Å². The molecular weight excluding hydrogens is 290 g/mol. The first-order valence-corrected chi connectivity index (χ1v) is 8.12. The van der Waals surface area contributed by atoms with Crippen LogP contribution in [0.2, 0.25) is 0 Å². The van der Waals surface area contributed by atoms with Crippen molar-refractivity contribution in [1.29, 1.82) is 0 Å². The van der Waals surface area contributed by atoms with Crippen molar-refractivity contribution >= 4 is 28.7 Å². The smallest absolute Gasteiger partial charge is 0.276 e. The summed E-state index contributed by atoms with van der Waals surface area (Å²) in [5, 5.41) is 9.93. The molecule has 1 atom stereocenters. The maximum atomic E-state index is 11.7. The van der Waals surface area contributed by atoms with Crippen LogP contribution in [-0.2, 0) is 6.54 Å². The second-order valence-corrected chi connectivity index (χ2v) is 6.11. The van der Waals surface area contributed by atoms with Gasteiger partial charge in [-0.15, -0.1) is 0 Å². The summed E-state index contributed by atoms with van der Waals surface area (Å²) in [6.07, 6.45) is 4.20. The molecule has 1 unspecified atom stereocenters. The van der Waals surface area contributed by atoms with Crippen molar-refractivity contribution in [3.05, 3.63) is 22.1 Å². The van der Waals surface area contributed by atoms with Crippen molar-refractivity contribution in [3.63, 3.8) is 0 Å². The van der Waals surface area contributed by atoms with Gasteiger partial charge in [-0.3, -0.25) is 14.7 Å². The van der Waals surface area contributed by atoms with Gasteiger partial charge < -0.3 is 15.8 Å². The predicted molar refractivity (Wildman–Crippen MR) is 86.5 cm³/mol. The van der Waals surface area contributed by atoms with Crippen LogP contribution in [0.4, 0.5) is 5.95 Å². The Morgan fingerprint density at radius 3 is 3.05 bits per heavy atom. The fraction of sp³-hybridized carbons (Fsp3) is 0.538.